The van der Waals surface area contributed by atoms with Gasteiger partial charge in [-0.25, -0.2) is 0 Å². The summed E-state index contributed by atoms with van der Waals surface area (Å²) >= 11 is 0. The summed E-state index contributed by atoms with van der Waals surface area (Å²) in [6.45, 7) is 0. The van der Waals surface area contributed by atoms with Crippen molar-refractivity contribution in [3.05, 3.63) is 46.0 Å². The van der Waals surface area contributed by atoms with Gasteiger partial charge >= 0.3 is 39.9 Å². The van der Waals surface area contributed by atoms with Gasteiger partial charge in [-0.3, -0.25) is 0 Å². The van der Waals surface area contributed by atoms with Crippen molar-refractivity contribution in [2.75, 3.05) is 0 Å². The van der Waals surface area contributed by atoms with Crippen molar-refractivity contribution in [2.45, 2.75) is 0 Å². The average molecular weight is 343 g/mol. The summed E-state index contributed by atoms with van der Waals surface area (Å²) in [5, 5.41) is 44.2. The third kappa shape index (κ3) is 753. The minimum absolute atomic E-state index is 0. The van der Waals surface area contributed by atoms with Crippen molar-refractivity contribution in [3.63, 3.8) is 0 Å². The van der Waals surface area contributed by atoms with E-state index in [-0.39, 0.29) is 39.9 Å². The number of hydrogen-bond donors (Lipinski definition) is 0. The third-order valence-electron chi connectivity index (χ3n) is 0. The quantitative estimate of drug-likeness (QED) is 0.402. The summed E-state index contributed by atoms with van der Waals surface area (Å²) in [5.74, 6) is 0. The van der Waals surface area contributed by atoms with Crippen LogP contribution in [-0.2, 0) is 0 Å². The third-order valence-corrected chi connectivity index (χ3v) is 0. The van der Waals surface area contributed by atoms with Crippen molar-refractivity contribution >= 4 is 0 Å². The van der Waals surface area contributed by atoms with Gasteiger partial charge in [-0.1, -0.05) is 0 Å². The molecular weight excluding hydrogens is 343 g/mol. The molecule has 0 aromatic heterocycles. The Labute approximate surface area is 101 Å². The minimum atomic E-state index is -1.75. The molecule has 0 amide bonds. The second kappa shape index (κ2) is 17.1. The molecule has 0 spiro atoms. The van der Waals surface area contributed by atoms with E-state index in [0.717, 1.165) is 0 Å². The molecule has 0 aliphatic carbocycles. The van der Waals surface area contributed by atoms with Crippen LogP contribution in [0.15, 0.2) is 0 Å². The molecule has 0 heterocycles. The molecule has 0 aliphatic heterocycles. The van der Waals surface area contributed by atoms with Crippen LogP contribution in [0.5, 0.6) is 0 Å². The molecule has 0 bridgehead atoms. The number of hydrogen-bond acceptors (Lipinski definition) is 9. The summed E-state index contributed by atoms with van der Waals surface area (Å²) in [4.78, 5) is 24.8. The Balaban J connectivity index is -0.0000000450. The molecule has 0 rings (SSSR count). The predicted octanol–water partition coefficient (Wildman–Crippen LogP) is -0.717. The molecule has 0 aliphatic rings. The van der Waals surface area contributed by atoms with Gasteiger partial charge in [0.25, 0.3) is 0 Å². The van der Waals surface area contributed by atoms with Crippen molar-refractivity contribution in [2.24, 2.45) is 0 Å². The molecule has 0 N–H and O–H groups in total. The van der Waals surface area contributed by atoms with Gasteiger partial charge in [0.2, 0.25) is 0 Å². The van der Waals surface area contributed by atoms with Gasteiger partial charge in [-0.05, 0) is 0 Å². The SMILES string of the molecule is O=[N+]([O-])[O-].O=[N+]([O-])[O-].O=[N+]([O-])[O-].[Gd+3]. The Kier molecular flexibility index (Phi) is 29.9. The maximum atomic E-state index is 8.25. The largest absolute Gasteiger partial charge is 3.00 e. The Morgan fingerprint density at radius 1 is 0.538 bits per heavy atom. The smallest absolute Gasteiger partial charge is 0.356 e. The van der Waals surface area contributed by atoms with Crippen molar-refractivity contribution in [1.82, 2.24) is 0 Å². The maximum Gasteiger partial charge on any atom is 3.00 e. The maximum absolute atomic E-state index is 8.25. The zero-order valence-electron chi connectivity index (χ0n) is 5.37. The molecule has 0 aromatic rings. The summed E-state index contributed by atoms with van der Waals surface area (Å²) in [6.07, 6.45) is 0. The molecule has 12 nitrogen and oxygen atoms in total. The van der Waals surface area contributed by atoms with E-state index in [1.807, 2.05) is 0 Å². The van der Waals surface area contributed by atoms with Gasteiger partial charge in [0, 0.05) is 0 Å². The standard InChI is InChI=1S/Gd.3NO3/c;3*2-1(3)4/q+3;3*-1. The molecule has 0 unspecified atom stereocenters. The van der Waals surface area contributed by atoms with E-state index < -0.39 is 15.3 Å². The van der Waals surface area contributed by atoms with Gasteiger partial charge < -0.3 is 46.0 Å². The Bertz CT molecular complexity index is 112. The summed E-state index contributed by atoms with van der Waals surface area (Å²) in [6, 6.07) is 0. The van der Waals surface area contributed by atoms with Crippen LogP contribution in [0.25, 0.3) is 0 Å². The fourth-order valence-corrected chi connectivity index (χ4v) is 0. The van der Waals surface area contributed by atoms with Crippen LogP contribution >= 0.6 is 0 Å². The van der Waals surface area contributed by atoms with Crippen LogP contribution in [0.4, 0.5) is 0 Å². The molecule has 0 saturated heterocycles. The Hall–Kier alpha value is -1.08. The van der Waals surface area contributed by atoms with Crippen molar-refractivity contribution < 1.29 is 55.2 Å². The van der Waals surface area contributed by atoms with Gasteiger partial charge in [0.05, 0.1) is 15.3 Å². The van der Waals surface area contributed by atoms with Gasteiger partial charge in [0.15, 0.2) is 0 Å². The molecule has 0 saturated carbocycles. The Morgan fingerprint density at radius 2 is 0.538 bits per heavy atom. The second-order valence-electron chi connectivity index (χ2n) is 0.671. The van der Waals surface area contributed by atoms with Crippen LogP contribution in [-0.4, -0.2) is 15.3 Å². The summed E-state index contributed by atoms with van der Waals surface area (Å²) in [5.41, 5.74) is 0. The van der Waals surface area contributed by atoms with E-state index in [0.29, 0.717) is 0 Å². The van der Waals surface area contributed by atoms with Crippen LogP contribution in [0.1, 0.15) is 0 Å². The molecule has 13 heteroatoms. The zero-order chi connectivity index (χ0) is 10.7. The topological polar surface area (TPSA) is 199 Å². The van der Waals surface area contributed by atoms with E-state index in [2.05, 4.69) is 0 Å². The molecule has 77 valence electrons. The van der Waals surface area contributed by atoms with Gasteiger partial charge in [0.1, 0.15) is 0 Å². The van der Waals surface area contributed by atoms with Crippen LogP contribution in [0.3, 0.4) is 0 Å². The van der Waals surface area contributed by atoms with Gasteiger partial charge in [-0.15, -0.1) is 0 Å². The number of nitrogens with zero attached hydrogens (tertiary/aromatic N) is 3. The molecule has 0 fully saturated rings. The van der Waals surface area contributed by atoms with E-state index in [1.54, 1.807) is 0 Å². The summed E-state index contributed by atoms with van der Waals surface area (Å²) in [7, 11) is 0. The molecule has 1 radical (unpaired) electrons. The van der Waals surface area contributed by atoms with E-state index in [1.165, 1.54) is 0 Å². The predicted molar refractivity (Wildman–Crippen MR) is 31.1 cm³/mol. The van der Waals surface area contributed by atoms with E-state index in [9.17, 15) is 0 Å². The first-order valence-corrected chi connectivity index (χ1v) is 1.64. The number of rotatable bonds is 0. The van der Waals surface area contributed by atoms with E-state index >= 15 is 0 Å². The van der Waals surface area contributed by atoms with Crippen LogP contribution in [0, 0.1) is 85.9 Å². The fourth-order valence-electron chi connectivity index (χ4n) is 0. The van der Waals surface area contributed by atoms with Gasteiger partial charge in [-0.2, -0.15) is 0 Å². The average Bonchev–Trinajstić information content (AvgIpc) is 1.54. The first-order valence-electron chi connectivity index (χ1n) is 1.64. The fraction of sp³-hybridized carbons (Fsp3) is 0. The normalized spacial score (nSPS) is 5.54. The van der Waals surface area contributed by atoms with Crippen LogP contribution in [0.2, 0.25) is 0 Å². The van der Waals surface area contributed by atoms with Crippen LogP contribution < -0.4 is 0 Å². The zero-order valence-corrected chi connectivity index (χ0v) is 7.64. The molecule has 0 aromatic carbocycles. The summed E-state index contributed by atoms with van der Waals surface area (Å²) < 4.78 is 0. The monoisotopic (exact) mass is 344 g/mol. The first kappa shape index (κ1) is 22.7. The molecule has 0 atom stereocenters. The molecule has 13 heavy (non-hydrogen) atoms. The Morgan fingerprint density at radius 3 is 0.538 bits per heavy atom. The van der Waals surface area contributed by atoms with E-state index in [4.69, 9.17) is 46.0 Å². The second-order valence-corrected chi connectivity index (χ2v) is 0.671. The van der Waals surface area contributed by atoms with Crippen molar-refractivity contribution in [3.8, 4) is 0 Å². The first-order chi connectivity index (χ1) is 5.20. The molecular formula is GdN3O9. The minimum Gasteiger partial charge on any atom is -0.356 e. The van der Waals surface area contributed by atoms with Crippen molar-refractivity contribution in [1.29, 1.82) is 0 Å².